The fraction of sp³-hybridized carbons (Fsp3) is 0.267. The Bertz CT molecular complexity index is 711. The molecule has 0 spiro atoms. The van der Waals surface area contributed by atoms with E-state index in [1.54, 1.807) is 23.9 Å². The zero-order chi connectivity index (χ0) is 15.7. The molecule has 3 rings (SSSR count). The third kappa shape index (κ3) is 2.48. The molecule has 7 heteroatoms. The van der Waals surface area contributed by atoms with Crippen LogP contribution in [-0.4, -0.2) is 44.7 Å². The molecule has 1 aliphatic heterocycles. The number of nitrogens with one attached hydrogen (secondary N) is 1. The van der Waals surface area contributed by atoms with Crippen LogP contribution in [-0.2, 0) is 11.2 Å². The Morgan fingerprint density at radius 1 is 1.36 bits per heavy atom. The molecule has 6 nitrogen and oxygen atoms in total. The van der Waals surface area contributed by atoms with Crippen LogP contribution in [0.3, 0.4) is 0 Å². The number of aliphatic carboxylic acids is 1. The molecule has 1 amide bonds. The number of benzene rings is 1. The number of thioether (sulfide) groups is 1. The minimum absolute atomic E-state index is 0.284. The fourth-order valence-corrected chi connectivity index (χ4v) is 3.05. The summed E-state index contributed by atoms with van der Waals surface area (Å²) in [5.74, 6) is -1.35. The number of amides is 1. The maximum absolute atomic E-state index is 12.7. The number of hydrogen-bond acceptors (Lipinski definition) is 4. The van der Waals surface area contributed by atoms with Crippen molar-refractivity contribution in [1.82, 2.24) is 14.9 Å². The second kappa shape index (κ2) is 5.84. The third-order valence-electron chi connectivity index (χ3n) is 3.76. The number of imidazole rings is 1. The number of carbonyl (C=O) groups is 2. The molecule has 2 aromatic rings. The van der Waals surface area contributed by atoms with Gasteiger partial charge in [-0.15, -0.1) is 11.8 Å². The first-order valence-corrected chi connectivity index (χ1v) is 8.04. The summed E-state index contributed by atoms with van der Waals surface area (Å²) in [7, 11) is 0. The molecule has 0 saturated carbocycles. The molecule has 0 saturated heterocycles. The highest BCUT2D eigenvalue weighted by Crippen LogP contribution is 2.29. The molecular formula is C15H15N3O3S. The average molecular weight is 317 g/mol. The predicted molar refractivity (Wildman–Crippen MR) is 81.9 cm³/mol. The van der Waals surface area contributed by atoms with E-state index in [9.17, 15) is 14.7 Å². The van der Waals surface area contributed by atoms with Crippen LogP contribution in [0.15, 0.2) is 35.5 Å². The summed E-state index contributed by atoms with van der Waals surface area (Å²) in [5.41, 5.74) is 1.70. The molecule has 2 heterocycles. The molecule has 0 unspecified atom stereocenters. The van der Waals surface area contributed by atoms with Gasteiger partial charge in [0.15, 0.2) is 6.04 Å². The molecule has 114 valence electrons. The van der Waals surface area contributed by atoms with Crippen molar-refractivity contribution in [2.45, 2.75) is 17.4 Å². The molecule has 0 radical (unpaired) electrons. The topological polar surface area (TPSA) is 86.3 Å². The number of carboxylic acid groups (broad SMARTS) is 1. The van der Waals surface area contributed by atoms with E-state index in [4.69, 9.17) is 0 Å². The number of aromatic nitrogens is 2. The van der Waals surface area contributed by atoms with E-state index in [0.717, 1.165) is 10.6 Å². The molecule has 1 aromatic carbocycles. The highest BCUT2D eigenvalue weighted by atomic mass is 32.2. The number of nitrogens with zero attached hydrogens (tertiary/aromatic N) is 2. The largest absolute Gasteiger partial charge is 0.479 e. The van der Waals surface area contributed by atoms with E-state index < -0.39 is 12.0 Å². The first kappa shape index (κ1) is 14.6. The zero-order valence-corrected chi connectivity index (χ0v) is 12.8. The minimum Gasteiger partial charge on any atom is -0.479 e. The Morgan fingerprint density at radius 3 is 2.73 bits per heavy atom. The second-order valence-corrected chi connectivity index (χ2v) is 5.86. The smallest absolute Gasteiger partial charge is 0.332 e. The van der Waals surface area contributed by atoms with Crippen molar-refractivity contribution in [1.29, 1.82) is 0 Å². The minimum atomic E-state index is -1.07. The van der Waals surface area contributed by atoms with E-state index in [0.29, 0.717) is 24.2 Å². The monoisotopic (exact) mass is 317 g/mol. The van der Waals surface area contributed by atoms with Crippen LogP contribution >= 0.6 is 11.8 Å². The summed E-state index contributed by atoms with van der Waals surface area (Å²) in [4.78, 5) is 33.7. The Morgan fingerprint density at radius 2 is 2.09 bits per heavy atom. The summed E-state index contributed by atoms with van der Waals surface area (Å²) < 4.78 is 0. The average Bonchev–Trinajstić information content (AvgIpc) is 3.01. The van der Waals surface area contributed by atoms with Gasteiger partial charge < -0.3 is 15.0 Å². The van der Waals surface area contributed by atoms with Crippen LogP contribution < -0.4 is 0 Å². The number of hydrogen-bond donors (Lipinski definition) is 2. The van der Waals surface area contributed by atoms with E-state index in [1.165, 1.54) is 11.2 Å². The van der Waals surface area contributed by atoms with Crippen molar-refractivity contribution >= 4 is 23.6 Å². The summed E-state index contributed by atoms with van der Waals surface area (Å²) in [6.45, 7) is 0.356. The van der Waals surface area contributed by atoms with Crippen LogP contribution in [0.5, 0.6) is 0 Å². The normalized spacial score (nSPS) is 17.1. The number of fused-ring (bicyclic) bond motifs is 1. The Hall–Kier alpha value is -2.28. The van der Waals surface area contributed by atoms with Crippen molar-refractivity contribution in [3.63, 3.8) is 0 Å². The van der Waals surface area contributed by atoms with Gasteiger partial charge in [0.05, 0.1) is 12.0 Å². The number of aromatic amines is 1. The molecular weight excluding hydrogens is 302 g/mol. The van der Waals surface area contributed by atoms with Gasteiger partial charge in [-0.05, 0) is 30.5 Å². The van der Waals surface area contributed by atoms with Gasteiger partial charge in [0.2, 0.25) is 0 Å². The maximum Gasteiger partial charge on any atom is 0.332 e. The first-order chi connectivity index (χ1) is 10.6. The van der Waals surface area contributed by atoms with E-state index in [-0.39, 0.29) is 5.91 Å². The van der Waals surface area contributed by atoms with Gasteiger partial charge in [0.25, 0.3) is 5.91 Å². The van der Waals surface area contributed by atoms with Crippen LogP contribution in [0.1, 0.15) is 27.8 Å². The van der Waals surface area contributed by atoms with Gasteiger partial charge in [0, 0.05) is 29.1 Å². The molecule has 1 atom stereocenters. The van der Waals surface area contributed by atoms with Crippen LogP contribution in [0.4, 0.5) is 0 Å². The highest BCUT2D eigenvalue weighted by Gasteiger charge is 2.38. The number of H-pyrrole nitrogens is 1. The summed E-state index contributed by atoms with van der Waals surface area (Å²) in [6, 6.07) is 6.14. The van der Waals surface area contributed by atoms with Crippen molar-refractivity contribution in [2.75, 3.05) is 12.8 Å². The summed E-state index contributed by atoms with van der Waals surface area (Å²) in [5, 5.41) is 9.50. The lowest BCUT2D eigenvalue weighted by Gasteiger charge is -2.32. The molecule has 1 aliphatic rings. The number of carboxylic acids is 1. The van der Waals surface area contributed by atoms with Gasteiger partial charge in [-0.3, -0.25) is 4.79 Å². The van der Waals surface area contributed by atoms with Gasteiger partial charge in [-0.25, -0.2) is 9.78 Å². The quantitative estimate of drug-likeness (QED) is 0.845. The lowest BCUT2D eigenvalue weighted by molar-refractivity contribution is -0.143. The molecule has 22 heavy (non-hydrogen) atoms. The molecule has 0 fully saturated rings. The summed E-state index contributed by atoms with van der Waals surface area (Å²) in [6.07, 6.45) is 4.01. The predicted octanol–water partition coefficient (Wildman–Crippen LogP) is 1.96. The van der Waals surface area contributed by atoms with Crippen LogP contribution in [0, 0.1) is 0 Å². The zero-order valence-electron chi connectivity index (χ0n) is 11.9. The van der Waals surface area contributed by atoms with Crippen LogP contribution in [0.25, 0.3) is 0 Å². The Labute approximate surface area is 131 Å². The second-order valence-electron chi connectivity index (χ2n) is 4.98. The van der Waals surface area contributed by atoms with E-state index >= 15 is 0 Å². The van der Waals surface area contributed by atoms with Crippen molar-refractivity contribution in [3.05, 3.63) is 47.5 Å². The lowest BCUT2D eigenvalue weighted by atomic mass is 10.0. The van der Waals surface area contributed by atoms with E-state index in [2.05, 4.69) is 9.97 Å². The Balaban J connectivity index is 1.92. The van der Waals surface area contributed by atoms with Crippen LogP contribution in [0.2, 0.25) is 0 Å². The molecule has 0 bridgehead atoms. The first-order valence-electron chi connectivity index (χ1n) is 6.82. The third-order valence-corrected chi connectivity index (χ3v) is 4.50. The van der Waals surface area contributed by atoms with Crippen molar-refractivity contribution in [2.24, 2.45) is 0 Å². The Kier molecular flexibility index (Phi) is 3.89. The summed E-state index contributed by atoms with van der Waals surface area (Å²) >= 11 is 1.59. The van der Waals surface area contributed by atoms with E-state index in [1.807, 2.05) is 18.4 Å². The van der Waals surface area contributed by atoms with Crippen molar-refractivity contribution < 1.29 is 14.7 Å². The highest BCUT2D eigenvalue weighted by molar-refractivity contribution is 7.98. The maximum atomic E-state index is 12.7. The fourth-order valence-electron chi connectivity index (χ4n) is 2.64. The van der Waals surface area contributed by atoms with Gasteiger partial charge in [-0.1, -0.05) is 0 Å². The molecule has 1 aromatic heterocycles. The van der Waals surface area contributed by atoms with Gasteiger partial charge in [-0.2, -0.15) is 0 Å². The van der Waals surface area contributed by atoms with Crippen molar-refractivity contribution in [3.8, 4) is 0 Å². The number of rotatable bonds is 3. The molecule has 2 N–H and O–H groups in total. The standard InChI is InChI=1S/C15H15N3O3S/c1-22-10-4-2-9(3-5-10)14(19)18-7-6-11-12(17-8-16-11)13(18)15(20)21/h2-5,8,13H,6-7H2,1H3,(H,16,17)(H,20,21)/t13-/m0/s1. The SMILES string of the molecule is CSc1ccc(C(=O)N2CCc3[nH]cnc3[C@H]2C(=O)O)cc1. The van der Waals surface area contributed by atoms with Gasteiger partial charge >= 0.3 is 5.97 Å². The molecule has 0 aliphatic carbocycles. The lowest BCUT2D eigenvalue weighted by Crippen LogP contribution is -2.43. The number of carbonyl (C=O) groups excluding carboxylic acids is 1. The van der Waals surface area contributed by atoms with Gasteiger partial charge in [0.1, 0.15) is 0 Å².